The van der Waals surface area contributed by atoms with Gasteiger partial charge in [-0.3, -0.25) is 0 Å². The summed E-state index contributed by atoms with van der Waals surface area (Å²) in [6.07, 6.45) is 1.17. The van der Waals surface area contributed by atoms with Crippen LogP contribution in [-0.4, -0.2) is 31.1 Å². The zero-order chi connectivity index (χ0) is 17.9. The second-order valence-electron chi connectivity index (χ2n) is 6.38. The fraction of sp³-hybridized carbons (Fsp3) is 0.455. The van der Waals surface area contributed by atoms with Crippen LogP contribution in [0.2, 0.25) is 0 Å². The number of hydrogen-bond donors (Lipinski definition) is 1. The summed E-state index contributed by atoms with van der Waals surface area (Å²) in [7, 11) is 0. The number of rotatable bonds is 11. The highest BCUT2D eigenvalue weighted by Crippen LogP contribution is 2.20. The Morgan fingerprint density at radius 2 is 1.60 bits per heavy atom. The van der Waals surface area contributed by atoms with Crippen molar-refractivity contribution in [3.63, 3.8) is 0 Å². The fourth-order valence-corrected chi connectivity index (χ4v) is 2.91. The molecule has 0 aliphatic carbocycles. The topological polar surface area (TPSA) is 24.5 Å². The molecule has 136 valence electrons. The van der Waals surface area contributed by atoms with E-state index in [0.29, 0.717) is 6.61 Å². The average molecular weight is 341 g/mol. The maximum absolute atomic E-state index is 6.09. The molecule has 2 aromatic carbocycles. The number of para-hydroxylation sites is 1. The van der Waals surface area contributed by atoms with Crippen LogP contribution in [0.15, 0.2) is 48.5 Å². The molecule has 2 rings (SSSR count). The van der Waals surface area contributed by atoms with Gasteiger partial charge in [-0.15, -0.1) is 0 Å². The van der Waals surface area contributed by atoms with Crippen molar-refractivity contribution in [1.29, 1.82) is 0 Å². The molecule has 0 bridgehead atoms. The Bertz CT molecular complexity index is 623. The van der Waals surface area contributed by atoms with Crippen LogP contribution in [0, 0.1) is 6.92 Å². The molecular weight excluding hydrogens is 308 g/mol. The highest BCUT2D eigenvalue weighted by molar-refractivity contribution is 5.34. The Labute approximate surface area is 153 Å². The van der Waals surface area contributed by atoms with Crippen molar-refractivity contribution in [3.05, 3.63) is 65.2 Å². The van der Waals surface area contributed by atoms with Gasteiger partial charge in [0.2, 0.25) is 0 Å². The zero-order valence-electron chi connectivity index (χ0n) is 15.9. The van der Waals surface area contributed by atoms with E-state index in [4.69, 9.17) is 4.74 Å². The summed E-state index contributed by atoms with van der Waals surface area (Å²) in [6.45, 7) is 12.5. The number of benzene rings is 2. The van der Waals surface area contributed by atoms with Gasteiger partial charge in [0.1, 0.15) is 12.4 Å². The van der Waals surface area contributed by atoms with Crippen molar-refractivity contribution >= 4 is 0 Å². The van der Waals surface area contributed by atoms with Crippen molar-refractivity contribution in [2.45, 2.75) is 40.3 Å². The van der Waals surface area contributed by atoms with Gasteiger partial charge in [-0.2, -0.15) is 0 Å². The predicted molar refractivity (Wildman–Crippen MR) is 106 cm³/mol. The quantitative estimate of drug-likeness (QED) is 0.614. The van der Waals surface area contributed by atoms with Gasteiger partial charge in [0.25, 0.3) is 0 Å². The van der Waals surface area contributed by atoms with Gasteiger partial charge in [-0.1, -0.05) is 56.3 Å². The lowest BCUT2D eigenvalue weighted by atomic mass is 10.1. The molecular formula is C22H32N2O. The fourth-order valence-electron chi connectivity index (χ4n) is 2.91. The molecule has 0 fully saturated rings. The van der Waals surface area contributed by atoms with E-state index >= 15 is 0 Å². The molecule has 0 radical (unpaired) electrons. The van der Waals surface area contributed by atoms with Crippen LogP contribution in [0.25, 0.3) is 0 Å². The number of nitrogens with zero attached hydrogens (tertiary/aromatic N) is 1. The Balaban J connectivity index is 1.81. The van der Waals surface area contributed by atoms with Gasteiger partial charge in [0.05, 0.1) is 0 Å². The first kappa shape index (κ1) is 19.5. The smallest absolute Gasteiger partial charge is 0.124 e. The lowest BCUT2D eigenvalue weighted by molar-refractivity contribution is 0.295. The van der Waals surface area contributed by atoms with Crippen LogP contribution in [0.3, 0.4) is 0 Å². The molecule has 0 saturated heterocycles. The number of aryl methyl sites for hydroxylation is 1. The summed E-state index contributed by atoms with van der Waals surface area (Å²) in [5.41, 5.74) is 3.73. The van der Waals surface area contributed by atoms with E-state index in [9.17, 15) is 0 Å². The van der Waals surface area contributed by atoms with Crippen LogP contribution >= 0.6 is 0 Å². The Hall–Kier alpha value is -1.84. The Morgan fingerprint density at radius 3 is 2.32 bits per heavy atom. The molecule has 3 heteroatoms. The third kappa shape index (κ3) is 6.52. The van der Waals surface area contributed by atoms with Crippen LogP contribution in [0.5, 0.6) is 5.75 Å². The van der Waals surface area contributed by atoms with Crippen LogP contribution in [0.4, 0.5) is 0 Å². The van der Waals surface area contributed by atoms with Gasteiger partial charge in [-0.25, -0.2) is 0 Å². The molecule has 0 aromatic heterocycles. The molecule has 1 N–H and O–H groups in total. The number of ether oxygens (including phenoxy) is 1. The molecule has 0 heterocycles. The SMILES string of the molecule is CCN(CC)CCCNCc1ccccc1OCc1ccccc1C. The van der Waals surface area contributed by atoms with E-state index < -0.39 is 0 Å². The lowest BCUT2D eigenvalue weighted by Crippen LogP contribution is -2.27. The largest absolute Gasteiger partial charge is 0.489 e. The molecule has 0 spiro atoms. The number of hydrogen-bond acceptors (Lipinski definition) is 3. The van der Waals surface area contributed by atoms with Gasteiger partial charge < -0.3 is 15.0 Å². The van der Waals surface area contributed by atoms with E-state index in [1.165, 1.54) is 23.1 Å². The predicted octanol–water partition coefficient (Wildman–Crippen LogP) is 4.40. The summed E-state index contributed by atoms with van der Waals surface area (Å²) in [5.74, 6) is 0.974. The minimum Gasteiger partial charge on any atom is -0.489 e. The monoisotopic (exact) mass is 340 g/mol. The van der Waals surface area contributed by atoms with Gasteiger partial charge >= 0.3 is 0 Å². The minimum atomic E-state index is 0.617. The van der Waals surface area contributed by atoms with Crippen molar-refractivity contribution < 1.29 is 4.74 Å². The second-order valence-corrected chi connectivity index (χ2v) is 6.38. The normalized spacial score (nSPS) is 11.0. The van der Waals surface area contributed by atoms with Crippen LogP contribution < -0.4 is 10.1 Å². The molecule has 0 saturated carbocycles. The van der Waals surface area contributed by atoms with E-state index in [0.717, 1.165) is 38.5 Å². The standard InChI is InChI=1S/C22H32N2O/c1-4-24(5-2)16-10-15-23-17-20-12-8-9-14-22(20)25-18-21-13-7-6-11-19(21)3/h6-9,11-14,23H,4-5,10,15-18H2,1-3H3. The Morgan fingerprint density at radius 1 is 0.920 bits per heavy atom. The summed E-state index contributed by atoms with van der Waals surface area (Å²) >= 11 is 0. The molecule has 25 heavy (non-hydrogen) atoms. The molecule has 0 amide bonds. The molecule has 2 aromatic rings. The summed E-state index contributed by atoms with van der Waals surface area (Å²) in [5, 5.41) is 3.55. The van der Waals surface area contributed by atoms with Crippen molar-refractivity contribution in [3.8, 4) is 5.75 Å². The summed E-state index contributed by atoms with van der Waals surface area (Å²) < 4.78 is 6.09. The lowest BCUT2D eigenvalue weighted by Gasteiger charge is -2.18. The first-order valence-corrected chi connectivity index (χ1v) is 9.42. The molecule has 0 atom stereocenters. The van der Waals surface area contributed by atoms with Crippen LogP contribution in [0.1, 0.15) is 37.0 Å². The zero-order valence-corrected chi connectivity index (χ0v) is 15.9. The summed E-state index contributed by atoms with van der Waals surface area (Å²) in [4.78, 5) is 2.46. The van der Waals surface area contributed by atoms with Crippen molar-refractivity contribution in [2.24, 2.45) is 0 Å². The highest BCUT2D eigenvalue weighted by Gasteiger charge is 2.05. The highest BCUT2D eigenvalue weighted by atomic mass is 16.5. The first-order chi connectivity index (χ1) is 12.2. The van der Waals surface area contributed by atoms with Gasteiger partial charge in [0.15, 0.2) is 0 Å². The molecule has 0 aliphatic heterocycles. The molecule has 3 nitrogen and oxygen atoms in total. The van der Waals surface area contributed by atoms with E-state index in [1.54, 1.807) is 0 Å². The second kappa shape index (κ2) is 10.9. The van der Waals surface area contributed by atoms with Gasteiger partial charge in [0, 0.05) is 12.1 Å². The van der Waals surface area contributed by atoms with Crippen molar-refractivity contribution in [2.75, 3.05) is 26.2 Å². The van der Waals surface area contributed by atoms with Crippen LogP contribution in [-0.2, 0) is 13.2 Å². The van der Waals surface area contributed by atoms with Gasteiger partial charge in [-0.05, 0) is 56.7 Å². The third-order valence-corrected chi connectivity index (χ3v) is 4.65. The van der Waals surface area contributed by atoms with E-state index in [1.807, 2.05) is 6.07 Å². The van der Waals surface area contributed by atoms with Crippen molar-refractivity contribution in [1.82, 2.24) is 10.2 Å². The third-order valence-electron chi connectivity index (χ3n) is 4.65. The Kier molecular flexibility index (Phi) is 8.50. The average Bonchev–Trinajstić information content (AvgIpc) is 2.65. The molecule has 0 unspecified atom stereocenters. The maximum Gasteiger partial charge on any atom is 0.124 e. The molecule has 0 aliphatic rings. The number of nitrogens with one attached hydrogen (secondary N) is 1. The van der Waals surface area contributed by atoms with E-state index in [2.05, 4.69) is 73.5 Å². The minimum absolute atomic E-state index is 0.617. The van der Waals surface area contributed by atoms with E-state index in [-0.39, 0.29) is 0 Å². The first-order valence-electron chi connectivity index (χ1n) is 9.42. The maximum atomic E-state index is 6.09. The summed E-state index contributed by atoms with van der Waals surface area (Å²) in [6, 6.07) is 16.7.